The standard InChI is InChI=1S/C19H24NSi.C18H22NSi.2C18H20N.C17H18N.5C5H12O2.5Ir/c1-14-8-7-10-16(12-14)19-18(21(2,3)4)13-15-9-5-6-11-17(15)20-19;1-20(2,3)17-13-15-11-7-8-12-16(15)19-18(17)14-9-5-4-6-10-14;1-12-5-4-6-16(9-12)18-14(3)11-15-8-7-13(2)10-17(15)19-18;1-12-5-4-6-15(9-12)18-14(3)11-16-10-13(2)7-8-17(16)19-18;1-12-8-9-15-11-13(2)17(18-16(15)10-12)14-6-4-3-5-7-14;5*1-4(6)3-5(2)7;;;;;/h5-6,9,11,13-14H,7-8,10H2,1-4H3;7-8,11-13H,4-6,9H2,1-3H3;2*7-8,10-12H,4-6H2,1-3H3;8-11H,3-6H2,1-2H3;5*4-7H,3H2,1-2H3;;;;;/q5*-1;;;;;;;;;;. The molecule has 10 N–H and O–H groups in total. The first-order valence-corrected chi connectivity index (χ1v) is 56.0. The Hall–Kier alpha value is -4.87. The number of benzene rings is 5. The molecule has 10 aromatic rings. The van der Waals surface area contributed by atoms with Crippen molar-refractivity contribution >= 4 is 109 Å². The zero-order valence-electron chi connectivity index (χ0n) is 86.6. The monoisotopic (exact) mass is 2800 g/mol. The van der Waals surface area contributed by atoms with Gasteiger partial charge in [0, 0.05) is 117 Å². The van der Waals surface area contributed by atoms with Gasteiger partial charge in [-0.3, -0.25) is 30.4 Å². The van der Waals surface area contributed by atoms with Crippen molar-refractivity contribution in [3.8, 4) is 0 Å². The van der Waals surface area contributed by atoms with E-state index in [0.29, 0.717) is 49.9 Å². The number of hydrogen-bond acceptors (Lipinski definition) is 15. The van der Waals surface area contributed by atoms with E-state index in [9.17, 15) is 0 Å². The molecule has 767 valence electrons. The second kappa shape index (κ2) is 65.5. The molecule has 5 aliphatic carbocycles. The van der Waals surface area contributed by atoms with Crippen LogP contribution >= 0.6 is 0 Å². The third-order valence-electron chi connectivity index (χ3n) is 23.2. The van der Waals surface area contributed by atoms with Crippen LogP contribution in [0, 0.1) is 89.7 Å². The summed E-state index contributed by atoms with van der Waals surface area (Å²) in [5, 5.41) is 94.8. The molecule has 5 aliphatic rings. The fourth-order valence-electron chi connectivity index (χ4n) is 16.9. The third-order valence-corrected chi connectivity index (χ3v) is 27.2. The van der Waals surface area contributed by atoms with Crippen LogP contribution in [-0.4, -0.2) is 153 Å². The number of nitrogens with zero attached hydrogens (tertiary/aromatic N) is 5. The minimum absolute atomic E-state index is 0. The number of pyridine rings is 5. The third kappa shape index (κ3) is 47.7. The van der Waals surface area contributed by atoms with Gasteiger partial charge in [-0.15, -0.1) is 57.7 Å². The van der Waals surface area contributed by atoms with Crippen LogP contribution in [-0.2, 0) is 101 Å². The Morgan fingerprint density at radius 3 is 0.825 bits per heavy atom. The fourth-order valence-corrected chi connectivity index (χ4v) is 20.0. The molecule has 137 heavy (non-hydrogen) atoms. The Kier molecular flexibility index (Phi) is 62.2. The summed E-state index contributed by atoms with van der Waals surface area (Å²) >= 11 is 0. The molecule has 13 atom stereocenters. The zero-order chi connectivity index (χ0) is 97.9. The molecule has 5 radical (unpaired) electrons. The number of aliphatic hydroxyl groups excluding tert-OH is 10. The summed E-state index contributed by atoms with van der Waals surface area (Å²) in [6, 6.07) is 47.9. The number of rotatable bonds is 17. The van der Waals surface area contributed by atoms with Crippen molar-refractivity contribution in [2.24, 2.45) is 17.8 Å². The average molecular weight is 2790 g/mol. The molecule has 15 rings (SSSR count). The zero-order valence-corrected chi connectivity index (χ0v) is 101. The van der Waals surface area contributed by atoms with Crippen LogP contribution in [0.2, 0.25) is 39.3 Å². The molecule has 15 nitrogen and oxygen atoms in total. The normalized spacial score (nSPS) is 17.7. The summed E-state index contributed by atoms with van der Waals surface area (Å²) in [6.45, 7) is 50.7. The SMILES string of the molecule is CC(O)CC(C)O.CC(O)CC(C)O.CC(O)CC(C)O.CC(O)CC(C)O.CC(O)CC(C)O.CC1[C-]=C(c2nc3ccccc3cc2[Si](C)(C)C)CCC1.C[Si](C)(C)c1cc2ccccc2nc1C1=[C-]CCCC1.Cc1ccc2cc(C)c(C3=[C-]C(C)CCC3)nc2c1.Cc1ccc2cc(C)c(C3=[C-]CCCC3)nc2c1.Cc1ccc2nc(C3=[C-]C(C)CCC3)c(C)cc2c1.[Ir].[Ir].[Ir].[Ir].[Ir]. The smallest absolute Gasteiger partial charge is 0.0597 e. The van der Waals surface area contributed by atoms with Gasteiger partial charge in [0.1, 0.15) is 0 Å². The number of para-hydroxylation sites is 2. The van der Waals surface area contributed by atoms with Gasteiger partial charge < -0.3 is 76.0 Å². The summed E-state index contributed by atoms with van der Waals surface area (Å²) in [5.41, 5.74) is 25.8. The van der Waals surface area contributed by atoms with Gasteiger partial charge >= 0.3 is 0 Å². The van der Waals surface area contributed by atoms with E-state index in [2.05, 4.69) is 265 Å². The predicted octanol–water partition coefficient (Wildman–Crippen LogP) is 24.3. The maximum absolute atomic E-state index is 8.56. The van der Waals surface area contributed by atoms with Gasteiger partial charge in [0.25, 0.3) is 0 Å². The number of aromatic nitrogens is 5. The summed E-state index contributed by atoms with van der Waals surface area (Å²) in [4.78, 5) is 24.7. The maximum atomic E-state index is 8.56. The van der Waals surface area contributed by atoms with E-state index in [0.717, 1.165) is 89.6 Å². The van der Waals surface area contributed by atoms with E-state index in [-0.39, 0.29) is 162 Å². The average Bonchev–Trinajstić information content (AvgIpc) is 0.781. The Morgan fingerprint density at radius 2 is 0.526 bits per heavy atom. The largest absolute Gasteiger partial charge is 0.393 e. The molecule has 0 aliphatic heterocycles. The van der Waals surface area contributed by atoms with E-state index < -0.39 is 16.1 Å². The van der Waals surface area contributed by atoms with Gasteiger partial charge in [0.05, 0.1) is 88.2 Å². The predicted molar refractivity (Wildman–Crippen MR) is 562 cm³/mol. The topological polar surface area (TPSA) is 267 Å². The summed E-state index contributed by atoms with van der Waals surface area (Å²) in [6.07, 6.45) is 37.1. The first kappa shape index (κ1) is 130. The van der Waals surface area contributed by atoms with Crippen molar-refractivity contribution in [3.05, 3.63) is 226 Å². The molecule has 0 bridgehead atoms. The maximum Gasteiger partial charge on any atom is 0.0597 e. The van der Waals surface area contributed by atoms with Crippen LogP contribution in [0.1, 0.15) is 293 Å². The second-order valence-electron chi connectivity index (χ2n) is 40.3. The van der Waals surface area contributed by atoms with Crippen molar-refractivity contribution in [2.75, 3.05) is 0 Å². The van der Waals surface area contributed by atoms with Crippen molar-refractivity contribution in [1.29, 1.82) is 0 Å². The number of aliphatic hydroxyl groups is 10. The van der Waals surface area contributed by atoms with Gasteiger partial charge in [-0.2, -0.15) is 27.9 Å². The van der Waals surface area contributed by atoms with Crippen LogP contribution in [0.3, 0.4) is 0 Å². The number of hydrogen-bond donors (Lipinski definition) is 10. The van der Waals surface area contributed by atoms with Gasteiger partial charge in [0.15, 0.2) is 0 Å². The summed E-state index contributed by atoms with van der Waals surface area (Å²) < 4.78 is 0. The number of aryl methyl sites for hydroxylation is 6. The molecule has 0 saturated heterocycles. The Balaban J connectivity index is 0.000000782. The Labute approximate surface area is 893 Å². The van der Waals surface area contributed by atoms with E-state index >= 15 is 0 Å². The second-order valence-corrected chi connectivity index (χ2v) is 50.4. The van der Waals surface area contributed by atoms with Crippen LogP contribution in [0.25, 0.3) is 82.4 Å². The molecule has 0 spiro atoms. The molecule has 0 saturated carbocycles. The van der Waals surface area contributed by atoms with Crippen molar-refractivity contribution in [2.45, 2.75) is 373 Å². The van der Waals surface area contributed by atoms with Gasteiger partial charge in [-0.1, -0.05) is 308 Å². The molecule has 0 fully saturated rings. The van der Waals surface area contributed by atoms with Crippen LogP contribution < -0.4 is 10.4 Å². The van der Waals surface area contributed by atoms with Crippen LogP contribution in [0.15, 0.2) is 133 Å². The van der Waals surface area contributed by atoms with E-state index in [1.165, 1.54) is 174 Å². The Morgan fingerprint density at radius 1 is 0.277 bits per heavy atom. The van der Waals surface area contributed by atoms with E-state index in [1.54, 1.807) is 69.2 Å². The van der Waals surface area contributed by atoms with Crippen molar-refractivity contribution in [3.63, 3.8) is 0 Å². The number of allylic oxidation sites excluding steroid dienone is 10. The minimum Gasteiger partial charge on any atom is -0.393 e. The minimum atomic E-state index is -1.42. The molecule has 13 unspecified atom stereocenters. The van der Waals surface area contributed by atoms with E-state index in [4.69, 9.17) is 76.0 Å². The summed E-state index contributed by atoms with van der Waals surface area (Å²) in [5.74, 6) is 1.70. The molecular formula is C115H164Ir5N5O10Si2-5. The van der Waals surface area contributed by atoms with Crippen LogP contribution in [0.4, 0.5) is 0 Å². The first-order chi connectivity index (χ1) is 62.1. The van der Waals surface area contributed by atoms with Crippen LogP contribution in [0.5, 0.6) is 0 Å². The fraction of sp³-hybridized carbons (Fsp3) is 0.522. The molecule has 5 aromatic carbocycles. The summed E-state index contributed by atoms with van der Waals surface area (Å²) in [7, 11) is -2.83. The number of fused-ring (bicyclic) bond motifs is 5. The molecule has 5 aromatic heterocycles. The Bertz CT molecular complexity index is 5290. The van der Waals surface area contributed by atoms with E-state index in [1.807, 2.05) is 0 Å². The molecular weight excluding hydrogens is 2630 g/mol. The van der Waals surface area contributed by atoms with Gasteiger partial charge in [-0.25, -0.2) is 0 Å². The molecule has 0 amide bonds. The first-order valence-electron chi connectivity index (χ1n) is 49.0. The molecule has 5 heterocycles. The van der Waals surface area contributed by atoms with Gasteiger partial charge in [0.2, 0.25) is 0 Å². The quantitative estimate of drug-likeness (QED) is 0.0300. The molecule has 22 heteroatoms. The van der Waals surface area contributed by atoms with Gasteiger partial charge in [-0.05, 0) is 197 Å². The van der Waals surface area contributed by atoms with Crippen molar-refractivity contribution < 1.29 is 152 Å². The van der Waals surface area contributed by atoms with Crippen molar-refractivity contribution in [1.82, 2.24) is 24.9 Å².